The van der Waals surface area contributed by atoms with Gasteiger partial charge in [-0.05, 0) is 39.7 Å². The van der Waals surface area contributed by atoms with Crippen LogP contribution in [0.15, 0.2) is 0 Å². The number of piperidine rings is 2. The lowest BCUT2D eigenvalue weighted by molar-refractivity contribution is -0.144. The zero-order chi connectivity index (χ0) is 14.5. The molecule has 2 unspecified atom stereocenters. The van der Waals surface area contributed by atoms with Crippen molar-refractivity contribution in [2.45, 2.75) is 70.0 Å². The molecule has 0 aromatic rings. The number of hydrogen-bond donors (Lipinski definition) is 1. The van der Waals surface area contributed by atoms with E-state index >= 15 is 0 Å². The second-order valence-corrected chi connectivity index (χ2v) is 5.94. The lowest BCUT2D eigenvalue weighted by Gasteiger charge is -2.47. The maximum Gasteiger partial charge on any atom is 0.306 e. The van der Waals surface area contributed by atoms with Crippen molar-refractivity contribution in [1.82, 2.24) is 10.2 Å². The molecule has 5 heteroatoms. The summed E-state index contributed by atoms with van der Waals surface area (Å²) in [4.78, 5) is 25.6. The molecule has 2 aliphatic heterocycles. The Labute approximate surface area is 121 Å². The monoisotopic (exact) mass is 282 g/mol. The molecule has 0 aliphatic carbocycles. The summed E-state index contributed by atoms with van der Waals surface area (Å²) in [6, 6.07) is 1.49. The smallest absolute Gasteiger partial charge is 0.306 e. The van der Waals surface area contributed by atoms with Gasteiger partial charge in [0.2, 0.25) is 5.91 Å². The summed E-state index contributed by atoms with van der Waals surface area (Å²) in [5.74, 6) is -0.312. The molecule has 5 nitrogen and oxygen atoms in total. The van der Waals surface area contributed by atoms with Crippen molar-refractivity contribution in [3.63, 3.8) is 0 Å². The minimum absolute atomic E-state index is 0.0225. The van der Waals surface area contributed by atoms with Crippen LogP contribution in [0.2, 0.25) is 0 Å². The van der Waals surface area contributed by atoms with Crippen LogP contribution in [0, 0.1) is 0 Å². The third kappa shape index (κ3) is 3.95. The van der Waals surface area contributed by atoms with E-state index in [4.69, 9.17) is 4.74 Å². The Bertz CT molecular complexity index is 345. The van der Waals surface area contributed by atoms with Gasteiger partial charge in [-0.15, -0.1) is 0 Å². The molecule has 2 heterocycles. The average Bonchev–Trinajstić information content (AvgIpc) is 2.38. The number of ether oxygens (including phenoxy) is 1. The standard InChI is InChI=1S/C15H26N2O3/c1-3-20-15(19)8-7-14(18)16-11-9-12-5-4-6-13(10-11)17(12)2/h11-13H,3-10H2,1-2H3,(H,16,18). The molecule has 2 aliphatic rings. The van der Waals surface area contributed by atoms with Crippen molar-refractivity contribution >= 4 is 11.9 Å². The molecule has 2 bridgehead atoms. The van der Waals surface area contributed by atoms with Crippen molar-refractivity contribution in [1.29, 1.82) is 0 Å². The number of amides is 1. The normalized spacial score (nSPS) is 29.8. The van der Waals surface area contributed by atoms with E-state index in [9.17, 15) is 9.59 Å². The minimum atomic E-state index is -0.289. The molecule has 114 valence electrons. The Morgan fingerprint density at radius 3 is 2.45 bits per heavy atom. The van der Waals surface area contributed by atoms with Gasteiger partial charge in [0.1, 0.15) is 0 Å². The first-order valence-corrected chi connectivity index (χ1v) is 7.77. The molecule has 20 heavy (non-hydrogen) atoms. The molecule has 2 saturated heterocycles. The third-order valence-corrected chi connectivity index (χ3v) is 4.57. The molecule has 0 aromatic heterocycles. The highest BCUT2D eigenvalue weighted by Gasteiger charge is 2.36. The molecule has 0 radical (unpaired) electrons. The number of nitrogens with one attached hydrogen (secondary N) is 1. The number of esters is 1. The topological polar surface area (TPSA) is 58.6 Å². The van der Waals surface area contributed by atoms with Gasteiger partial charge in [0.15, 0.2) is 0 Å². The Morgan fingerprint density at radius 1 is 1.20 bits per heavy atom. The van der Waals surface area contributed by atoms with Crippen molar-refractivity contribution in [2.75, 3.05) is 13.7 Å². The molecular formula is C15H26N2O3. The first-order valence-electron chi connectivity index (χ1n) is 7.77. The molecule has 1 amide bonds. The predicted molar refractivity (Wildman–Crippen MR) is 76.2 cm³/mol. The lowest BCUT2D eigenvalue weighted by Crippen LogP contribution is -2.55. The zero-order valence-corrected chi connectivity index (χ0v) is 12.6. The molecule has 2 fully saturated rings. The second-order valence-electron chi connectivity index (χ2n) is 5.94. The summed E-state index contributed by atoms with van der Waals surface area (Å²) >= 11 is 0. The van der Waals surface area contributed by atoms with Gasteiger partial charge in [-0.25, -0.2) is 0 Å². The van der Waals surface area contributed by atoms with E-state index in [-0.39, 0.29) is 30.8 Å². The maximum atomic E-state index is 11.9. The van der Waals surface area contributed by atoms with E-state index in [0.717, 1.165) is 12.8 Å². The van der Waals surface area contributed by atoms with Crippen LogP contribution in [0.25, 0.3) is 0 Å². The highest BCUT2D eigenvalue weighted by molar-refractivity contribution is 5.81. The number of fused-ring (bicyclic) bond motifs is 2. The van der Waals surface area contributed by atoms with Gasteiger partial charge in [0.25, 0.3) is 0 Å². The van der Waals surface area contributed by atoms with Gasteiger partial charge < -0.3 is 15.0 Å². The molecule has 1 N–H and O–H groups in total. The fourth-order valence-electron chi connectivity index (χ4n) is 3.48. The third-order valence-electron chi connectivity index (χ3n) is 4.57. The maximum absolute atomic E-state index is 11.9. The van der Waals surface area contributed by atoms with Crippen LogP contribution >= 0.6 is 0 Å². The molecular weight excluding hydrogens is 256 g/mol. The predicted octanol–water partition coefficient (Wildman–Crippen LogP) is 1.46. The van der Waals surface area contributed by atoms with Crippen LogP contribution in [-0.2, 0) is 14.3 Å². The SMILES string of the molecule is CCOC(=O)CCC(=O)NC1CC2CCCC(C1)N2C. The second kappa shape index (κ2) is 7.07. The van der Waals surface area contributed by atoms with Crippen LogP contribution in [-0.4, -0.2) is 48.6 Å². The summed E-state index contributed by atoms with van der Waals surface area (Å²) in [5, 5.41) is 3.09. The van der Waals surface area contributed by atoms with Crippen molar-refractivity contribution in [2.24, 2.45) is 0 Å². The first-order chi connectivity index (χ1) is 9.60. The molecule has 2 rings (SSSR count). The van der Waals surface area contributed by atoms with E-state index in [1.54, 1.807) is 6.92 Å². The molecule has 0 saturated carbocycles. The fraction of sp³-hybridized carbons (Fsp3) is 0.867. The van der Waals surface area contributed by atoms with Crippen molar-refractivity contribution in [3.05, 3.63) is 0 Å². The summed E-state index contributed by atoms with van der Waals surface area (Å²) < 4.78 is 4.83. The molecule has 2 atom stereocenters. The van der Waals surface area contributed by atoms with Gasteiger partial charge in [-0.3, -0.25) is 9.59 Å². The summed E-state index contributed by atoms with van der Waals surface area (Å²) in [6.07, 6.45) is 6.28. The fourth-order valence-corrected chi connectivity index (χ4v) is 3.48. The average molecular weight is 282 g/mol. The highest BCUT2D eigenvalue weighted by atomic mass is 16.5. The Balaban J connectivity index is 1.73. The Hall–Kier alpha value is -1.10. The molecule has 0 spiro atoms. The molecule has 0 aromatic carbocycles. The van der Waals surface area contributed by atoms with Crippen LogP contribution in [0.5, 0.6) is 0 Å². The largest absolute Gasteiger partial charge is 0.466 e. The van der Waals surface area contributed by atoms with Crippen LogP contribution < -0.4 is 5.32 Å². The number of carbonyl (C=O) groups is 2. The summed E-state index contributed by atoms with van der Waals surface area (Å²) in [6.45, 7) is 2.15. The van der Waals surface area contributed by atoms with Crippen molar-refractivity contribution < 1.29 is 14.3 Å². The minimum Gasteiger partial charge on any atom is -0.466 e. The van der Waals surface area contributed by atoms with Gasteiger partial charge in [0, 0.05) is 24.5 Å². The quantitative estimate of drug-likeness (QED) is 0.776. The van der Waals surface area contributed by atoms with Gasteiger partial charge >= 0.3 is 5.97 Å². The van der Waals surface area contributed by atoms with E-state index in [2.05, 4.69) is 17.3 Å². The number of carbonyl (C=O) groups excluding carboxylic acids is 2. The van der Waals surface area contributed by atoms with E-state index < -0.39 is 0 Å². The van der Waals surface area contributed by atoms with Crippen molar-refractivity contribution in [3.8, 4) is 0 Å². The Kier molecular flexibility index (Phi) is 5.40. The Morgan fingerprint density at radius 2 is 1.85 bits per heavy atom. The number of hydrogen-bond acceptors (Lipinski definition) is 4. The number of rotatable bonds is 5. The van der Waals surface area contributed by atoms with Crippen LogP contribution in [0.1, 0.15) is 51.9 Å². The van der Waals surface area contributed by atoms with E-state index in [1.165, 1.54) is 19.3 Å². The van der Waals surface area contributed by atoms with Crippen LogP contribution in [0.3, 0.4) is 0 Å². The highest BCUT2D eigenvalue weighted by Crippen LogP contribution is 2.32. The first kappa shape index (κ1) is 15.3. The zero-order valence-electron chi connectivity index (χ0n) is 12.6. The van der Waals surface area contributed by atoms with E-state index in [1.807, 2.05) is 0 Å². The summed E-state index contributed by atoms with van der Waals surface area (Å²) in [7, 11) is 2.20. The van der Waals surface area contributed by atoms with Crippen LogP contribution in [0.4, 0.5) is 0 Å². The van der Waals surface area contributed by atoms with E-state index in [0.29, 0.717) is 18.7 Å². The lowest BCUT2D eigenvalue weighted by atomic mass is 9.82. The van der Waals surface area contributed by atoms with Gasteiger partial charge in [-0.2, -0.15) is 0 Å². The van der Waals surface area contributed by atoms with Gasteiger partial charge in [-0.1, -0.05) is 6.42 Å². The van der Waals surface area contributed by atoms with Gasteiger partial charge in [0.05, 0.1) is 13.0 Å². The number of nitrogens with zero attached hydrogens (tertiary/aromatic N) is 1. The summed E-state index contributed by atoms with van der Waals surface area (Å²) in [5.41, 5.74) is 0.